The summed E-state index contributed by atoms with van der Waals surface area (Å²) in [7, 11) is 0. The molecule has 0 saturated carbocycles. The van der Waals surface area contributed by atoms with E-state index in [-0.39, 0.29) is 0 Å². The monoisotopic (exact) mass is 284 g/mol. The maximum absolute atomic E-state index is 9.74. The fraction of sp³-hybridized carbons (Fsp3) is 0.778. The Morgan fingerprint density at radius 1 is 1.58 bits per heavy atom. The number of rotatable bonds is 5. The van der Waals surface area contributed by atoms with E-state index in [2.05, 4.69) is 6.92 Å². The third-order valence-electron chi connectivity index (χ3n) is 1.93. The third-order valence-corrected chi connectivity index (χ3v) is 2.34. The van der Waals surface area contributed by atoms with Gasteiger partial charge >= 0.3 is 0 Å². The molecule has 0 aliphatic heterocycles. The molecule has 0 aliphatic rings. The highest BCUT2D eigenvalue weighted by Gasteiger charge is 2.27. The highest BCUT2D eigenvalue weighted by molar-refractivity contribution is 14.1. The van der Waals surface area contributed by atoms with Crippen molar-refractivity contribution in [2.24, 2.45) is 0 Å². The average molecular weight is 284 g/mol. The fourth-order valence-electron chi connectivity index (χ4n) is 0.959. The van der Waals surface area contributed by atoms with Gasteiger partial charge in [0, 0.05) is 0 Å². The standard InChI is InChI=1S/C9H17IO2/c1-3-4-6-9(2,12)8(11)5-7-10/h5,7-8,11-12H,3-4,6H2,1-2H3. The molecule has 0 aliphatic carbocycles. The van der Waals surface area contributed by atoms with Gasteiger partial charge in [-0.15, -0.1) is 0 Å². The predicted octanol–water partition coefficient (Wildman–Crippen LogP) is 2.24. The van der Waals surface area contributed by atoms with E-state index in [0.717, 1.165) is 12.8 Å². The van der Waals surface area contributed by atoms with Crippen LogP contribution in [0, 0.1) is 0 Å². The summed E-state index contributed by atoms with van der Waals surface area (Å²) in [5, 5.41) is 19.2. The summed E-state index contributed by atoms with van der Waals surface area (Å²) in [5.41, 5.74) is -0.975. The molecule has 2 unspecified atom stereocenters. The van der Waals surface area contributed by atoms with Gasteiger partial charge in [0.25, 0.3) is 0 Å². The topological polar surface area (TPSA) is 40.5 Å². The molecule has 2 nitrogen and oxygen atoms in total. The van der Waals surface area contributed by atoms with Crippen molar-refractivity contribution in [2.75, 3.05) is 0 Å². The lowest BCUT2D eigenvalue weighted by atomic mass is 9.93. The van der Waals surface area contributed by atoms with Crippen LogP contribution in [0.1, 0.15) is 33.1 Å². The Hall–Kier alpha value is 0.390. The molecule has 0 amide bonds. The third kappa shape index (κ3) is 4.42. The minimum Gasteiger partial charge on any atom is -0.387 e. The maximum atomic E-state index is 9.74. The summed E-state index contributed by atoms with van der Waals surface area (Å²) in [5.74, 6) is 0. The summed E-state index contributed by atoms with van der Waals surface area (Å²) in [4.78, 5) is 0. The van der Waals surface area contributed by atoms with Crippen LogP contribution >= 0.6 is 22.6 Å². The second-order valence-corrected chi connectivity index (χ2v) is 3.94. The Morgan fingerprint density at radius 2 is 2.17 bits per heavy atom. The summed E-state index contributed by atoms with van der Waals surface area (Å²) in [6.45, 7) is 3.74. The zero-order valence-corrected chi connectivity index (χ0v) is 9.78. The van der Waals surface area contributed by atoms with Gasteiger partial charge in [0.2, 0.25) is 0 Å². The molecule has 0 aromatic heterocycles. The molecule has 0 aromatic carbocycles. The van der Waals surface area contributed by atoms with Crippen LogP contribution < -0.4 is 0 Å². The number of hydrogen-bond donors (Lipinski definition) is 2. The highest BCUT2D eigenvalue weighted by Crippen LogP contribution is 2.19. The van der Waals surface area contributed by atoms with Crippen LogP contribution in [0.2, 0.25) is 0 Å². The van der Waals surface area contributed by atoms with Gasteiger partial charge in [-0.05, 0) is 23.5 Å². The normalized spacial score (nSPS) is 19.4. The first-order valence-corrected chi connectivity index (χ1v) is 5.46. The zero-order valence-electron chi connectivity index (χ0n) is 7.63. The fourth-order valence-corrected chi connectivity index (χ4v) is 1.35. The largest absolute Gasteiger partial charge is 0.387 e. The molecule has 0 fully saturated rings. The quantitative estimate of drug-likeness (QED) is 0.760. The lowest BCUT2D eigenvalue weighted by Gasteiger charge is -2.26. The molecule has 0 spiro atoms. The van der Waals surface area contributed by atoms with Gasteiger partial charge in [-0.3, -0.25) is 0 Å². The van der Waals surface area contributed by atoms with Gasteiger partial charge in [-0.2, -0.15) is 0 Å². The highest BCUT2D eigenvalue weighted by atomic mass is 127. The van der Waals surface area contributed by atoms with E-state index in [0.29, 0.717) is 6.42 Å². The van der Waals surface area contributed by atoms with E-state index in [1.54, 1.807) is 17.1 Å². The van der Waals surface area contributed by atoms with Crippen LogP contribution in [0.3, 0.4) is 0 Å². The van der Waals surface area contributed by atoms with E-state index in [1.165, 1.54) is 0 Å². The molecular formula is C9H17IO2. The summed E-state index contributed by atoms with van der Waals surface area (Å²) < 4.78 is 1.73. The molecule has 72 valence electrons. The molecule has 2 atom stereocenters. The first-order valence-electron chi connectivity index (χ1n) is 4.22. The van der Waals surface area contributed by atoms with E-state index >= 15 is 0 Å². The minimum atomic E-state index is -0.975. The van der Waals surface area contributed by atoms with Crippen LogP contribution in [0.15, 0.2) is 10.2 Å². The lowest BCUT2D eigenvalue weighted by molar-refractivity contribution is -0.0445. The van der Waals surface area contributed by atoms with Gasteiger partial charge in [-0.1, -0.05) is 42.4 Å². The Labute approximate surface area is 87.8 Å². The number of hydrogen-bond acceptors (Lipinski definition) is 2. The molecule has 0 bridgehead atoms. The Bertz CT molecular complexity index is 143. The number of aliphatic hydroxyl groups excluding tert-OH is 1. The van der Waals surface area contributed by atoms with E-state index in [4.69, 9.17) is 0 Å². The lowest BCUT2D eigenvalue weighted by Crippen LogP contribution is -2.37. The van der Waals surface area contributed by atoms with Crippen molar-refractivity contribution in [3.63, 3.8) is 0 Å². The Kier molecular flexibility index (Phi) is 6.13. The van der Waals surface area contributed by atoms with E-state index in [1.807, 2.05) is 22.6 Å². The van der Waals surface area contributed by atoms with E-state index in [9.17, 15) is 10.2 Å². The van der Waals surface area contributed by atoms with Crippen molar-refractivity contribution in [1.82, 2.24) is 0 Å². The van der Waals surface area contributed by atoms with Gasteiger partial charge in [0.15, 0.2) is 0 Å². The second kappa shape index (κ2) is 5.94. The molecule has 0 rings (SSSR count). The molecule has 3 heteroatoms. The maximum Gasteiger partial charge on any atom is 0.101 e. The van der Waals surface area contributed by atoms with Gasteiger partial charge in [-0.25, -0.2) is 0 Å². The van der Waals surface area contributed by atoms with Crippen LogP contribution in [-0.4, -0.2) is 21.9 Å². The van der Waals surface area contributed by atoms with Crippen LogP contribution in [-0.2, 0) is 0 Å². The molecule has 0 radical (unpaired) electrons. The second-order valence-electron chi connectivity index (χ2n) is 3.22. The average Bonchev–Trinajstić information content (AvgIpc) is 2.01. The van der Waals surface area contributed by atoms with Crippen molar-refractivity contribution in [3.8, 4) is 0 Å². The van der Waals surface area contributed by atoms with Gasteiger partial charge in [0.1, 0.15) is 6.10 Å². The zero-order chi connectivity index (χ0) is 9.61. The van der Waals surface area contributed by atoms with Crippen molar-refractivity contribution in [1.29, 1.82) is 0 Å². The number of halogens is 1. The van der Waals surface area contributed by atoms with E-state index < -0.39 is 11.7 Å². The van der Waals surface area contributed by atoms with Crippen molar-refractivity contribution in [3.05, 3.63) is 10.2 Å². The first kappa shape index (κ1) is 12.4. The molecule has 0 saturated heterocycles. The molecule has 0 aromatic rings. The van der Waals surface area contributed by atoms with Crippen molar-refractivity contribution < 1.29 is 10.2 Å². The van der Waals surface area contributed by atoms with Crippen LogP contribution in [0.4, 0.5) is 0 Å². The molecule has 0 heterocycles. The smallest absolute Gasteiger partial charge is 0.101 e. The first-order chi connectivity index (χ1) is 5.54. The van der Waals surface area contributed by atoms with Gasteiger partial charge in [0.05, 0.1) is 5.60 Å². The Balaban J connectivity index is 3.98. The summed E-state index contributed by atoms with van der Waals surface area (Å²) >= 11 is 2.03. The number of aliphatic hydroxyl groups is 2. The van der Waals surface area contributed by atoms with Gasteiger partial charge < -0.3 is 10.2 Å². The van der Waals surface area contributed by atoms with Crippen molar-refractivity contribution in [2.45, 2.75) is 44.8 Å². The summed E-state index contributed by atoms with van der Waals surface area (Å²) in [6, 6.07) is 0. The van der Waals surface area contributed by atoms with Crippen molar-refractivity contribution >= 4 is 22.6 Å². The SMILES string of the molecule is CCCCC(C)(O)C(O)C=CI. The molecule has 2 N–H and O–H groups in total. The predicted molar refractivity (Wildman–Crippen MR) is 59.3 cm³/mol. The minimum absolute atomic E-state index is 0.644. The Morgan fingerprint density at radius 3 is 2.58 bits per heavy atom. The molecule has 12 heavy (non-hydrogen) atoms. The number of unbranched alkanes of at least 4 members (excludes halogenated alkanes) is 1. The summed E-state index contributed by atoms with van der Waals surface area (Å²) in [6.07, 6.45) is 3.48. The van der Waals surface area contributed by atoms with Crippen LogP contribution in [0.25, 0.3) is 0 Å². The molecular weight excluding hydrogens is 267 g/mol. The van der Waals surface area contributed by atoms with Crippen LogP contribution in [0.5, 0.6) is 0 Å².